The molecule has 0 spiro atoms. The normalized spacial score (nSPS) is 21.0. The quantitative estimate of drug-likeness (QED) is 0.492. The molecule has 0 N–H and O–H groups in total. The Morgan fingerprint density at radius 3 is 2.21 bits per heavy atom. The van der Waals surface area contributed by atoms with Gasteiger partial charge in [-0.05, 0) is 56.1 Å². The standard InChI is InChI=1S/C22H32O2/c1-24-22(23)21-13-9-4-2-3-7-11-19-15-17-20(18-16-19)12-8-5-6-10-14-21/h6,10,15-18,21H,2-5,7-9,11-14H2,1H3. The maximum atomic E-state index is 11.9. The summed E-state index contributed by atoms with van der Waals surface area (Å²) >= 11 is 0. The van der Waals surface area contributed by atoms with Crippen molar-refractivity contribution in [1.82, 2.24) is 0 Å². The molecule has 0 radical (unpaired) electrons. The fraction of sp³-hybridized carbons (Fsp3) is 0.591. The van der Waals surface area contributed by atoms with Crippen molar-refractivity contribution in [1.29, 1.82) is 0 Å². The van der Waals surface area contributed by atoms with Crippen molar-refractivity contribution >= 4 is 5.97 Å². The average Bonchev–Trinajstić information content (AvgIpc) is 2.61. The summed E-state index contributed by atoms with van der Waals surface area (Å²) in [6, 6.07) is 9.18. The van der Waals surface area contributed by atoms with E-state index in [1.807, 2.05) is 0 Å². The molecule has 1 unspecified atom stereocenters. The Kier molecular flexibility index (Phi) is 8.65. The number of carbonyl (C=O) groups is 1. The van der Waals surface area contributed by atoms with Crippen molar-refractivity contribution in [2.75, 3.05) is 7.11 Å². The van der Waals surface area contributed by atoms with Gasteiger partial charge in [-0.1, -0.05) is 62.1 Å². The third-order valence-electron chi connectivity index (χ3n) is 5.00. The molecular formula is C22H32O2. The molecular weight excluding hydrogens is 296 g/mol. The van der Waals surface area contributed by atoms with E-state index in [-0.39, 0.29) is 11.9 Å². The van der Waals surface area contributed by atoms with Crippen LogP contribution in [0.2, 0.25) is 0 Å². The minimum Gasteiger partial charge on any atom is -0.469 e. The minimum atomic E-state index is -0.0476. The van der Waals surface area contributed by atoms with Gasteiger partial charge in [0.15, 0.2) is 0 Å². The first kappa shape index (κ1) is 18.8. The third-order valence-corrected chi connectivity index (χ3v) is 5.00. The van der Waals surface area contributed by atoms with Gasteiger partial charge in [0.25, 0.3) is 0 Å². The molecule has 0 fully saturated rings. The van der Waals surface area contributed by atoms with Gasteiger partial charge in [-0.25, -0.2) is 0 Å². The maximum Gasteiger partial charge on any atom is 0.308 e. The Bertz CT molecular complexity index is 501. The first-order valence-corrected chi connectivity index (χ1v) is 9.60. The predicted octanol–water partition coefficient (Wildman–Crippen LogP) is 5.64. The first-order chi connectivity index (χ1) is 11.8. The highest BCUT2D eigenvalue weighted by Crippen LogP contribution is 2.18. The summed E-state index contributed by atoms with van der Waals surface area (Å²) in [5, 5.41) is 0. The molecule has 2 heteroatoms. The molecule has 2 nitrogen and oxygen atoms in total. The molecule has 24 heavy (non-hydrogen) atoms. The van der Waals surface area contributed by atoms with Crippen LogP contribution in [0.15, 0.2) is 36.4 Å². The molecule has 1 aromatic rings. The first-order valence-electron chi connectivity index (χ1n) is 9.60. The zero-order valence-electron chi connectivity index (χ0n) is 15.1. The van der Waals surface area contributed by atoms with Crippen molar-refractivity contribution in [2.24, 2.45) is 5.92 Å². The molecule has 3 rings (SSSR count). The fourth-order valence-electron chi connectivity index (χ4n) is 3.42. The summed E-state index contributed by atoms with van der Waals surface area (Å²) in [6.07, 6.45) is 16.9. The monoisotopic (exact) mass is 328 g/mol. The van der Waals surface area contributed by atoms with Gasteiger partial charge in [0, 0.05) is 0 Å². The lowest BCUT2D eigenvalue weighted by Crippen LogP contribution is -2.15. The smallest absolute Gasteiger partial charge is 0.308 e. The second kappa shape index (κ2) is 11.1. The SMILES string of the molecule is COC(=O)C1CC=CCCCc2ccc(cc2)CCCCCCC1. The zero-order chi connectivity index (χ0) is 17.0. The lowest BCUT2D eigenvalue weighted by molar-refractivity contribution is -0.145. The largest absolute Gasteiger partial charge is 0.469 e. The van der Waals surface area contributed by atoms with E-state index >= 15 is 0 Å². The summed E-state index contributed by atoms with van der Waals surface area (Å²) in [7, 11) is 1.50. The highest BCUT2D eigenvalue weighted by Gasteiger charge is 2.16. The Balaban J connectivity index is 1.91. The van der Waals surface area contributed by atoms with Gasteiger partial charge >= 0.3 is 5.97 Å². The second-order valence-corrected chi connectivity index (χ2v) is 6.94. The third kappa shape index (κ3) is 6.90. The zero-order valence-corrected chi connectivity index (χ0v) is 15.1. The van der Waals surface area contributed by atoms with Crippen LogP contribution in [-0.4, -0.2) is 13.1 Å². The van der Waals surface area contributed by atoms with Crippen LogP contribution in [0, 0.1) is 5.92 Å². The number of methoxy groups -OCH3 is 1. The number of ether oxygens (including phenoxy) is 1. The van der Waals surface area contributed by atoms with Crippen molar-refractivity contribution < 1.29 is 9.53 Å². The molecule has 0 saturated heterocycles. The van der Waals surface area contributed by atoms with E-state index in [4.69, 9.17) is 4.74 Å². The lowest BCUT2D eigenvalue weighted by Gasteiger charge is -2.12. The van der Waals surface area contributed by atoms with Gasteiger partial charge in [0.2, 0.25) is 0 Å². The summed E-state index contributed by atoms with van der Waals surface area (Å²) < 4.78 is 4.97. The van der Waals surface area contributed by atoms with E-state index in [0.717, 1.165) is 32.1 Å². The minimum absolute atomic E-state index is 0.0388. The van der Waals surface area contributed by atoms with Crippen LogP contribution in [0.3, 0.4) is 0 Å². The summed E-state index contributed by atoms with van der Waals surface area (Å²) in [5.74, 6) is -0.00876. The number of hydrogen-bond acceptors (Lipinski definition) is 2. The number of hydrogen-bond donors (Lipinski definition) is 0. The van der Waals surface area contributed by atoms with Gasteiger partial charge in [0.05, 0.1) is 13.0 Å². The van der Waals surface area contributed by atoms with E-state index in [0.29, 0.717) is 0 Å². The average molecular weight is 328 g/mol. The van der Waals surface area contributed by atoms with Crippen LogP contribution >= 0.6 is 0 Å². The molecule has 2 bridgehead atoms. The molecule has 0 aliphatic heterocycles. The van der Waals surface area contributed by atoms with E-state index in [2.05, 4.69) is 36.4 Å². The molecule has 1 aromatic carbocycles. The summed E-state index contributed by atoms with van der Waals surface area (Å²) in [6.45, 7) is 0. The lowest BCUT2D eigenvalue weighted by atomic mass is 9.96. The molecule has 132 valence electrons. The predicted molar refractivity (Wildman–Crippen MR) is 100 cm³/mol. The Morgan fingerprint density at radius 1 is 0.875 bits per heavy atom. The van der Waals surface area contributed by atoms with Crippen LogP contribution in [-0.2, 0) is 22.4 Å². The van der Waals surface area contributed by atoms with Gasteiger partial charge in [-0.15, -0.1) is 0 Å². The molecule has 0 heterocycles. The second-order valence-electron chi connectivity index (χ2n) is 6.94. The maximum absolute atomic E-state index is 11.9. The highest BCUT2D eigenvalue weighted by atomic mass is 16.5. The van der Waals surface area contributed by atoms with Crippen LogP contribution in [0.25, 0.3) is 0 Å². The van der Waals surface area contributed by atoms with Crippen molar-refractivity contribution in [3.8, 4) is 0 Å². The Hall–Kier alpha value is -1.57. The molecule has 0 aromatic heterocycles. The molecule has 0 saturated carbocycles. The van der Waals surface area contributed by atoms with Crippen molar-refractivity contribution in [2.45, 2.75) is 70.6 Å². The van der Waals surface area contributed by atoms with Gasteiger partial charge in [-0.3, -0.25) is 4.79 Å². The number of fused-ring (bicyclic) bond motifs is 14. The van der Waals surface area contributed by atoms with Crippen molar-refractivity contribution in [3.05, 3.63) is 47.5 Å². The van der Waals surface area contributed by atoms with Crippen LogP contribution in [0.4, 0.5) is 0 Å². The number of esters is 1. The van der Waals surface area contributed by atoms with Gasteiger partial charge < -0.3 is 4.74 Å². The molecule has 1 atom stereocenters. The Morgan fingerprint density at radius 2 is 1.50 bits per heavy atom. The van der Waals surface area contributed by atoms with E-state index < -0.39 is 0 Å². The van der Waals surface area contributed by atoms with E-state index in [1.165, 1.54) is 56.8 Å². The van der Waals surface area contributed by atoms with Crippen LogP contribution in [0.1, 0.15) is 68.9 Å². The number of carbonyl (C=O) groups excluding carboxylic acids is 1. The van der Waals surface area contributed by atoms with Crippen molar-refractivity contribution in [3.63, 3.8) is 0 Å². The molecule has 0 amide bonds. The number of aryl methyl sites for hydroxylation is 2. The van der Waals surface area contributed by atoms with E-state index in [9.17, 15) is 4.79 Å². The molecule has 2 aliphatic rings. The highest BCUT2D eigenvalue weighted by molar-refractivity contribution is 5.72. The Labute approximate surface area is 147 Å². The van der Waals surface area contributed by atoms with Crippen LogP contribution in [0.5, 0.6) is 0 Å². The number of benzene rings is 1. The fourth-order valence-corrected chi connectivity index (χ4v) is 3.42. The van der Waals surface area contributed by atoms with Gasteiger partial charge in [-0.2, -0.15) is 0 Å². The molecule has 2 aliphatic carbocycles. The van der Waals surface area contributed by atoms with E-state index in [1.54, 1.807) is 0 Å². The topological polar surface area (TPSA) is 26.3 Å². The number of allylic oxidation sites excluding steroid dienone is 2. The number of rotatable bonds is 1. The van der Waals surface area contributed by atoms with Gasteiger partial charge in [0.1, 0.15) is 0 Å². The summed E-state index contributed by atoms with van der Waals surface area (Å²) in [4.78, 5) is 11.9. The van der Waals surface area contributed by atoms with Crippen LogP contribution < -0.4 is 0 Å². The summed E-state index contributed by atoms with van der Waals surface area (Å²) in [5.41, 5.74) is 2.89.